The molecule has 0 aliphatic carbocycles. The Morgan fingerprint density at radius 3 is 2.42 bits per heavy atom. The fraction of sp³-hybridized carbons (Fsp3) is 0. The van der Waals surface area contributed by atoms with Crippen molar-refractivity contribution in [2.45, 2.75) is 0 Å². The highest BCUT2D eigenvalue weighted by atomic mass is 35.5. The lowest BCUT2D eigenvalue weighted by atomic mass is 10.1. The van der Waals surface area contributed by atoms with Gasteiger partial charge >= 0.3 is 5.97 Å². The number of carboxylic acid groups (broad SMARTS) is 1. The Morgan fingerprint density at radius 2 is 1.71 bits per heavy atom. The predicted molar refractivity (Wildman–Crippen MR) is 91.3 cm³/mol. The molecule has 0 saturated carbocycles. The lowest BCUT2D eigenvalue weighted by molar-refractivity contribution is -0.131. The van der Waals surface area contributed by atoms with Gasteiger partial charge in [-0.3, -0.25) is 9.59 Å². The van der Waals surface area contributed by atoms with Crippen molar-refractivity contribution in [1.29, 1.82) is 0 Å². The fourth-order valence-electron chi connectivity index (χ4n) is 1.88. The molecule has 3 N–H and O–H groups in total. The van der Waals surface area contributed by atoms with E-state index in [0.717, 1.165) is 6.08 Å². The van der Waals surface area contributed by atoms with Crippen LogP contribution in [0.2, 0.25) is 5.02 Å². The van der Waals surface area contributed by atoms with Gasteiger partial charge in [-0.1, -0.05) is 29.8 Å². The number of anilines is 2. The number of nitrogens with one attached hydrogen (secondary N) is 2. The van der Waals surface area contributed by atoms with Crippen LogP contribution in [0.1, 0.15) is 10.4 Å². The smallest absolute Gasteiger partial charge is 0.328 e. The Morgan fingerprint density at radius 1 is 0.958 bits per heavy atom. The SMILES string of the molecule is O=C(O)C=CC(=O)Nc1ccccc1C(=O)Nc1cccc(Cl)c1. The van der Waals surface area contributed by atoms with Crippen LogP contribution in [0.3, 0.4) is 0 Å². The van der Waals surface area contributed by atoms with E-state index in [-0.39, 0.29) is 11.3 Å². The maximum atomic E-state index is 12.4. The van der Waals surface area contributed by atoms with Crippen LogP contribution in [0, 0.1) is 0 Å². The van der Waals surface area contributed by atoms with Gasteiger partial charge in [0.15, 0.2) is 0 Å². The number of rotatable bonds is 5. The standard InChI is InChI=1S/C17H13ClN2O4/c18-11-4-3-5-12(10-11)19-17(24)13-6-1-2-7-14(13)20-15(21)8-9-16(22)23/h1-10H,(H,19,24)(H,20,21)(H,22,23). The molecule has 122 valence electrons. The summed E-state index contributed by atoms with van der Waals surface area (Å²) >= 11 is 5.87. The number of carboxylic acids is 1. The Bertz CT molecular complexity index is 818. The Kier molecular flexibility index (Phi) is 5.70. The Hall–Kier alpha value is -3.12. The molecular weight excluding hydrogens is 332 g/mol. The van der Waals surface area contributed by atoms with Gasteiger partial charge in [-0.25, -0.2) is 4.79 Å². The molecule has 0 atom stereocenters. The minimum Gasteiger partial charge on any atom is -0.478 e. The van der Waals surface area contributed by atoms with Crippen LogP contribution in [0.15, 0.2) is 60.7 Å². The third kappa shape index (κ3) is 4.96. The van der Waals surface area contributed by atoms with E-state index in [9.17, 15) is 14.4 Å². The molecule has 0 saturated heterocycles. The van der Waals surface area contributed by atoms with E-state index < -0.39 is 17.8 Å². The van der Waals surface area contributed by atoms with Crippen LogP contribution in [0.4, 0.5) is 11.4 Å². The van der Waals surface area contributed by atoms with E-state index in [1.165, 1.54) is 6.07 Å². The summed E-state index contributed by atoms with van der Waals surface area (Å²) in [6.45, 7) is 0. The fourth-order valence-corrected chi connectivity index (χ4v) is 2.07. The zero-order chi connectivity index (χ0) is 17.5. The van der Waals surface area contributed by atoms with Crippen LogP contribution < -0.4 is 10.6 Å². The van der Waals surface area contributed by atoms with Gasteiger partial charge in [0.25, 0.3) is 5.91 Å². The normalized spacial score (nSPS) is 10.4. The van der Waals surface area contributed by atoms with E-state index in [1.807, 2.05) is 0 Å². The van der Waals surface area contributed by atoms with E-state index >= 15 is 0 Å². The van der Waals surface area contributed by atoms with E-state index in [4.69, 9.17) is 16.7 Å². The number of carbonyl (C=O) groups excluding carboxylic acids is 2. The monoisotopic (exact) mass is 344 g/mol. The molecule has 24 heavy (non-hydrogen) atoms. The highest BCUT2D eigenvalue weighted by Gasteiger charge is 2.12. The molecule has 0 heterocycles. The first-order chi connectivity index (χ1) is 11.5. The zero-order valence-electron chi connectivity index (χ0n) is 12.3. The van der Waals surface area contributed by atoms with Gasteiger partial charge in [0.05, 0.1) is 11.3 Å². The molecule has 2 amide bonds. The molecule has 0 unspecified atom stereocenters. The number of amides is 2. The molecule has 7 heteroatoms. The van der Waals surface area contributed by atoms with E-state index in [0.29, 0.717) is 16.8 Å². The van der Waals surface area contributed by atoms with Crippen molar-refractivity contribution in [1.82, 2.24) is 0 Å². The third-order valence-electron chi connectivity index (χ3n) is 2.89. The minimum atomic E-state index is -1.24. The zero-order valence-corrected chi connectivity index (χ0v) is 13.1. The molecular formula is C17H13ClN2O4. The second-order valence-corrected chi connectivity index (χ2v) is 5.11. The number of hydrogen-bond acceptors (Lipinski definition) is 3. The highest BCUT2D eigenvalue weighted by molar-refractivity contribution is 6.31. The van der Waals surface area contributed by atoms with Crippen LogP contribution in [0.5, 0.6) is 0 Å². The van der Waals surface area contributed by atoms with E-state index in [2.05, 4.69) is 10.6 Å². The number of benzene rings is 2. The van der Waals surface area contributed by atoms with Gasteiger partial charge in [-0.15, -0.1) is 0 Å². The molecule has 2 aromatic carbocycles. The minimum absolute atomic E-state index is 0.231. The summed E-state index contributed by atoms with van der Waals surface area (Å²) in [4.78, 5) is 34.5. The summed E-state index contributed by atoms with van der Waals surface area (Å²) in [5, 5.41) is 14.1. The van der Waals surface area contributed by atoms with Crippen molar-refractivity contribution in [2.75, 3.05) is 10.6 Å². The van der Waals surface area contributed by atoms with Crippen LogP contribution >= 0.6 is 11.6 Å². The van der Waals surface area contributed by atoms with Gasteiger partial charge in [0.2, 0.25) is 5.91 Å². The van der Waals surface area contributed by atoms with Crippen molar-refractivity contribution in [2.24, 2.45) is 0 Å². The van der Waals surface area contributed by atoms with Gasteiger partial charge in [-0.2, -0.15) is 0 Å². The van der Waals surface area contributed by atoms with Crippen molar-refractivity contribution < 1.29 is 19.5 Å². The van der Waals surface area contributed by atoms with Crippen LogP contribution in [-0.4, -0.2) is 22.9 Å². The Labute approximate surface area is 142 Å². The first kappa shape index (κ1) is 17.2. The molecule has 0 bridgehead atoms. The maximum absolute atomic E-state index is 12.4. The maximum Gasteiger partial charge on any atom is 0.328 e. The summed E-state index contributed by atoms with van der Waals surface area (Å²) in [5.74, 6) is -2.33. The summed E-state index contributed by atoms with van der Waals surface area (Å²) in [7, 11) is 0. The molecule has 0 fully saturated rings. The van der Waals surface area contributed by atoms with E-state index in [1.54, 1.807) is 42.5 Å². The molecule has 0 aliphatic heterocycles. The number of aliphatic carboxylic acids is 1. The number of halogens is 1. The lowest BCUT2D eigenvalue weighted by Crippen LogP contribution is -2.17. The molecule has 2 rings (SSSR count). The molecule has 2 aromatic rings. The van der Waals surface area contributed by atoms with Crippen molar-refractivity contribution in [3.63, 3.8) is 0 Å². The summed E-state index contributed by atoms with van der Waals surface area (Å²) in [6.07, 6.45) is 1.58. The second kappa shape index (κ2) is 7.94. The van der Waals surface area contributed by atoms with Gasteiger partial charge in [-0.05, 0) is 30.3 Å². The molecule has 0 radical (unpaired) electrons. The van der Waals surface area contributed by atoms with Crippen LogP contribution in [0.25, 0.3) is 0 Å². The average Bonchev–Trinajstić information content (AvgIpc) is 2.53. The van der Waals surface area contributed by atoms with Crippen molar-refractivity contribution >= 4 is 40.8 Å². The molecule has 0 spiro atoms. The number of carbonyl (C=O) groups is 3. The molecule has 6 nitrogen and oxygen atoms in total. The first-order valence-corrected chi connectivity index (χ1v) is 7.21. The van der Waals surface area contributed by atoms with Gasteiger partial charge in [0, 0.05) is 22.9 Å². The van der Waals surface area contributed by atoms with Crippen molar-refractivity contribution in [3.8, 4) is 0 Å². The Balaban J connectivity index is 2.17. The number of hydrogen-bond donors (Lipinski definition) is 3. The topological polar surface area (TPSA) is 95.5 Å². The third-order valence-corrected chi connectivity index (χ3v) is 3.12. The quantitative estimate of drug-likeness (QED) is 0.726. The first-order valence-electron chi connectivity index (χ1n) is 6.83. The average molecular weight is 345 g/mol. The lowest BCUT2D eigenvalue weighted by Gasteiger charge is -2.10. The van der Waals surface area contributed by atoms with Gasteiger partial charge < -0.3 is 15.7 Å². The summed E-state index contributed by atoms with van der Waals surface area (Å²) < 4.78 is 0. The van der Waals surface area contributed by atoms with Gasteiger partial charge in [0.1, 0.15) is 0 Å². The predicted octanol–water partition coefficient (Wildman–Crippen LogP) is 3.17. The summed E-state index contributed by atoms with van der Waals surface area (Å²) in [5.41, 5.74) is 1.01. The highest BCUT2D eigenvalue weighted by Crippen LogP contribution is 2.19. The number of para-hydroxylation sites is 1. The van der Waals surface area contributed by atoms with Crippen molar-refractivity contribution in [3.05, 3.63) is 71.3 Å². The molecule has 0 aliphatic rings. The second-order valence-electron chi connectivity index (χ2n) is 4.67. The summed E-state index contributed by atoms with van der Waals surface area (Å²) in [6, 6.07) is 13.0. The largest absolute Gasteiger partial charge is 0.478 e. The molecule has 0 aromatic heterocycles. The van der Waals surface area contributed by atoms with Crippen LogP contribution in [-0.2, 0) is 9.59 Å².